The molecule has 3 heterocycles. The molecule has 5 atom stereocenters. The van der Waals surface area contributed by atoms with Gasteiger partial charge < -0.3 is 29.9 Å². The van der Waals surface area contributed by atoms with E-state index in [2.05, 4.69) is 32.3 Å². The first kappa shape index (κ1) is 36.0. The summed E-state index contributed by atoms with van der Waals surface area (Å²) in [4.78, 5) is 50.8. The minimum atomic E-state index is -1.47. The number of likely N-dealkylation sites (tertiary alicyclic amines) is 1. The highest BCUT2D eigenvalue weighted by Crippen LogP contribution is 2.45. The number of benzene rings is 1. The molecule has 12 heteroatoms. The zero-order chi connectivity index (χ0) is 35.5. The van der Waals surface area contributed by atoms with Crippen molar-refractivity contribution >= 4 is 40.0 Å². The first-order valence-electron chi connectivity index (χ1n) is 16.8. The third-order valence-corrected chi connectivity index (χ3v) is 10.4. The lowest BCUT2D eigenvalue weighted by atomic mass is 10.1. The number of thiazole rings is 1. The summed E-state index contributed by atoms with van der Waals surface area (Å²) in [6.07, 6.45) is 5.19. The Bertz CT molecular complexity index is 1740. The number of aryl methyl sites for hydroxylation is 1. The molecule has 49 heavy (non-hydrogen) atoms. The van der Waals surface area contributed by atoms with E-state index in [1.54, 1.807) is 7.11 Å². The maximum absolute atomic E-state index is 13.8. The smallest absolute Gasteiger partial charge is 0.330 e. The quantitative estimate of drug-likeness (QED) is 0.125. The molecular formula is C37H46N4O7S. The fraction of sp³-hybridized carbons (Fsp3) is 0.486. The second-order valence-corrected chi connectivity index (χ2v) is 14.1. The van der Waals surface area contributed by atoms with Crippen molar-refractivity contribution < 1.29 is 34.1 Å². The van der Waals surface area contributed by atoms with Crippen LogP contribution < -0.4 is 14.8 Å². The van der Waals surface area contributed by atoms with Crippen molar-refractivity contribution in [1.29, 1.82) is 0 Å². The van der Waals surface area contributed by atoms with E-state index in [0.29, 0.717) is 29.1 Å². The molecule has 0 radical (unpaired) electrons. The molecular weight excluding hydrogens is 644 g/mol. The number of nitrogens with zero attached hydrogens (tertiary/aromatic N) is 3. The molecule has 2 fully saturated rings. The Morgan fingerprint density at radius 2 is 1.96 bits per heavy atom. The fourth-order valence-corrected chi connectivity index (χ4v) is 7.41. The molecule has 262 valence electrons. The Balaban J connectivity index is 1.46. The number of ether oxygens (including phenoxy) is 2. The standard InChI is InChI=1S/C37H46N4O7S/c1-7-9-10-11-12-13-29(42)35(44)41-19-24(16-28(41)33(43)40-37(36(45)46)18-23(37)8-2)48-31-17-26(34-39-27(20-49-34)21(3)4)38-32-22(5)30(47-6)15-14-25(31)32/h7-8,14-15,17,20-21,23-24,28-29,42H,1-2,9-13,16,18-19H2,3-6H3,(H,40,43)(H,45,46)/t23-,24-,28-,29?,37-/m1/s1. The zero-order valence-corrected chi connectivity index (χ0v) is 29.4. The van der Waals surface area contributed by atoms with Gasteiger partial charge in [-0.1, -0.05) is 38.8 Å². The van der Waals surface area contributed by atoms with Crippen molar-refractivity contribution in [2.75, 3.05) is 13.7 Å². The number of rotatable bonds is 16. The van der Waals surface area contributed by atoms with Gasteiger partial charge in [-0.15, -0.1) is 24.5 Å². The van der Waals surface area contributed by atoms with E-state index in [1.165, 1.54) is 22.3 Å². The zero-order valence-electron chi connectivity index (χ0n) is 28.6. The monoisotopic (exact) mass is 690 g/mol. The summed E-state index contributed by atoms with van der Waals surface area (Å²) in [5, 5.41) is 27.0. The van der Waals surface area contributed by atoms with Crippen LogP contribution in [0.2, 0.25) is 0 Å². The number of methoxy groups -OCH3 is 1. The van der Waals surface area contributed by atoms with E-state index in [-0.39, 0.29) is 31.7 Å². The van der Waals surface area contributed by atoms with E-state index >= 15 is 0 Å². The van der Waals surface area contributed by atoms with Crippen LogP contribution in [0.5, 0.6) is 11.5 Å². The number of aliphatic hydroxyl groups is 1. The van der Waals surface area contributed by atoms with E-state index in [9.17, 15) is 24.6 Å². The number of hydrogen-bond acceptors (Lipinski definition) is 9. The van der Waals surface area contributed by atoms with Gasteiger partial charge in [0, 0.05) is 34.7 Å². The van der Waals surface area contributed by atoms with Crippen LogP contribution in [0.25, 0.3) is 21.6 Å². The number of carbonyl (C=O) groups excluding carboxylic acids is 2. The van der Waals surface area contributed by atoms with Crippen LogP contribution in [-0.2, 0) is 14.4 Å². The lowest BCUT2D eigenvalue weighted by molar-refractivity contribution is -0.148. The number of amides is 2. The Kier molecular flexibility index (Phi) is 11.1. The van der Waals surface area contributed by atoms with Crippen LogP contribution in [0.4, 0.5) is 0 Å². The predicted octanol–water partition coefficient (Wildman–Crippen LogP) is 5.79. The number of aromatic nitrogens is 2. The van der Waals surface area contributed by atoms with Crippen LogP contribution >= 0.6 is 11.3 Å². The molecule has 2 aliphatic rings. The molecule has 0 spiro atoms. The summed E-state index contributed by atoms with van der Waals surface area (Å²) in [5.74, 6) is -1.34. The number of allylic oxidation sites excluding steroid dienone is 1. The molecule has 2 aromatic heterocycles. The Morgan fingerprint density at radius 1 is 1.18 bits per heavy atom. The highest BCUT2D eigenvalue weighted by molar-refractivity contribution is 7.13. The molecule has 3 aromatic rings. The average molecular weight is 691 g/mol. The first-order chi connectivity index (χ1) is 23.4. The number of nitrogens with one attached hydrogen (secondary N) is 1. The minimum absolute atomic E-state index is 0.0262. The molecule has 1 saturated carbocycles. The van der Waals surface area contributed by atoms with Crippen molar-refractivity contribution in [2.24, 2.45) is 5.92 Å². The van der Waals surface area contributed by atoms with E-state index < -0.39 is 47.5 Å². The van der Waals surface area contributed by atoms with Crippen molar-refractivity contribution in [3.8, 4) is 22.2 Å². The van der Waals surface area contributed by atoms with Gasteiger partial charge in [0.1, 0.15) is 46.0 Å². The third kappa shape index (κ3) is 7.50. The van der Waals surface area contributed by atoms with Gasteiger partial charge in [-0.2, -0.15) is 0 Å². The second kappa shape index (κ2) is 15.1. The summed E-state index contributed by atoms with van der Waals surface area (Å²) < 4.78 is 12.2. The highest BCUT2D eigenvalue weighted by Gasteiger charge is 2.61. The normalized spacial score (nSPS) is 22.2. The lowest BCUT2D eigenvalue weighted by Crippen LogP contribution is -2.54. The fourth-order valence-electron chi connectivity index (χ4n) is 6.47. The SMILES string of the molecule is C=CCCCCCC(O)C(=O)N1C[C@H](Oc2cc(-c3nc(C(C)C)cs3)nc3c(C)c(OC)ccc23)C[C@@H]1C(=O)N[C@]1(C(=O)O)C[C@H]1C=C. The van der Waals surface area contributed by atoms with Crippen molar-refractivity contribution in [1.82, 2.24) is 20.2 Å². The number of carboxylic acid groups (broad SMARTS) is 1. The number of aliphatic hydroxyl groups excluding tert-OH is 1. The molecule has 0 bridgehead atoms. The highest BCUT2D eigenvalue weighted by atomic mass is 32.1. The number of unbranched alkanes of at least 4 members (excludes halogenated alkanes) is 3. The van der Waals surface area contributed by atoms with Gasteiger partial charge in [0.15, 0.2) is 0 Å². The molecule has 1 aliphatic carbocycles. The number of fused-ring (bicyclic) bond motifs is 1. The number of hydrogen-bond donors (Lipinski definition) is 3. The summed E-state index contributed by atoms with van der Waals surface area (Å²) in [5.41, 5.74) is 1.61. The number of pyridine rings is 1. The third-order valence-electron chi connectivity index (χ3n) is 9.54. The Morgan fingerprint density at radius 3 is 2.59 bits per heavy atom. The van der Waals surface area contributed by atoms with Gasteiger partial charge in [0.25, 0.3) is 5.91 Å². The molecule has 5 rings (SSSR count). The van der Waals surface area contributed by atoms with Gasteiger partial charge in [0.05, 0.1) is 24.9 Å². The van der Waals surface area contributed by atoms with Crippen LogP contribution in [0.1, 0.15) is 76.0 Å². The van der Waals surface area contributed by atoms with Crippen LogP contribution in [-0.4, -0.2) is 80.3 Å². The van der Waals surface area contributed by atoms with Gasteiger partial charge in [-0.05, 0) is 50.7 Å². The van der Waals surface area contributed by atoms with Crippen molar-refractivity contribution in [3.05, 3.63) is 60.1 Å². The maximum atomic E-state index is 13.8. The molecule has 1 unspecified atom stereocenters. The second-order valence-electron chi connectivity index (χ2n) is 13.3. The summed E-state index contributed by atoms with van der Waals surface area (Å²) in [6, 6.07) is 4.49. The van der Waals surface area contributed by atoms with Crippen LogP contribution in [0, 0.1) is 12.8 Å². The molecule has 1 aromatic carbocycles. The molecule has 2 amide bonds. The Hall–Kier alpha value is -4.29. The molecule has 1 aliphatic heterocycles. The van der Waals surface area contributed by atoms with E-state index in [1.807, 2.05) is 36.6 Å². The number of carboxylic acids is 1. The van der Waals surface area contributed by atoms with Gasteiger partial charge in [-0.3, -0.25) is 9.59 Å². The van der Waals surface area contributed by atoms with Gasteiger partial charge in [-0.25, -0.2) is 14.8 Å². The van der Waals surface area contributed by atoms with Crippen LogP contribution in [0.3, 0.4) is 0 Å². The topological polar surface area (TPSA) is 151 Å². The van der Waals surface area contributed by atoms with Crippen LogP contribution in [0.15, 0.2) is 48.9 Å². The average Bonchev–Trinajstić information content (AvgIpc) is 3.37. The van der Waals surface area contributed by atoms with Crippen molar-refractivity contribution in [2.45, 2.75) is 95.4 Å². The maximum Gasteiger partial charge on any atom is 0.330 e. The summed E-state index contributed by atoms with van der Waals surface area (Å²) in [7, 11) is 1.60. The largest absolute Gasteiger partial charge is 0.496 e. The predicted molar refractivity (Wildman–Crippen MR) is 189 cm³/mol. The molecule has 1 saturated heterocycles. The van der Waals surface area contributed by atoms with Crippen molar-refractivity contribution in [3.63, 3.8) is 0 Å². The molecule has 3 N–H and O–H groups in total. The Labute approximate surface area is 291 Å². The first-order valence-corrected chi connectivity index (χ1v) is 17.7. The summed E-state index contributed by atoms with van der Waals surface area (Å²) in [6.45, 7) is 13.5. The van der Waals surface area contributed by atoms with E-state index in [4.69, 9.17) is 19.4 Å². The van der Waals surface area contributed by atoms with Gasteiger partial charge >= 0.3 is 5.97 Å². The molecule has 11 nitrogen and oxygen atoms in total. The van der Waals surface area contributed by atoms with Gasteiger partial charge in [0.2, 0.25) is 5.91 Å². The minimum Gasteiger partial charge on any atom is -0.496 e. The lowest BCUT2D eigenvalue weighted by Gasteiger charge is -2.27. The number of aliphatic carboxylic acids is 1. The number of carbonyl (C=O) groups is 3. The summed E-state index contributed by atoms with van der Waals surface area (Å²) >= 11 is 1.49. The van der Waals surface area contributed by atoms with E-state index in [0.717, 1.165) is 40.9 Å².